The molecule has 2 aliphatic heterocycles. The van der Waals surface area contributed by atoms with E-state index >= 15 is 0 Å². The van der Waals surface area contributed by atoms with E-state index in [0.717, 1.165) is 19.3 Å². The van der Waals surface area contributed by atoms with Crippen molar-refractivity contribution in [1.82, 2.24) is 0 Å². The van der Waals surface area contributed by atoms with Gasteiger partial charge in [0.25, 0.3) is 0 Å². The highest BCUT2D eigenvalue weighted by Gasteiger charge is 2.30. The van der Waals surface area contributed by atoms with Crippen LogP contribution >= 0.6 is 0 Å². The molecule has 0 saturated carbocycles. The Hall–Kier alpha value is -1.13. The van der Waals surface area contributed by atoms with Crippen LogP contribution in [-0.2, 0) is 19.0 Å². The Bertz CT molecular complexity index is 375. The summed E-state index contributed by atoms with van der Waals surface area (Å²) >= 11 is 0. The molecule has 2 heterocycles. The van der Waals surface area contributed by atoms with Gasteiger partial charge in [-0.1, -0.05) is 24.3 Å². The fourth-order valence-corrected chi connectivity index (χ4v) is 2.53. The Balaban J connectivity index is 2.09. The zero-order valence-electron chi connectivity index (χ0n) is 12.3. The van der Waals surface area contributed by atoms with Gasteiger partial charge in [0.1, 0.15) is 6.10 Å². The minimum absolute atomic E-state index is 0.0256. The standard InChI is InChI=1S/C16H24O4/c1-3-18-14-10-9-13-8-6-4-5-7-12(2)19-16(17)11-15(14)20-13/h4,6,9-10,12-15H,3,5,7-8,11H2,1-2H3/b6-4-/t12-,13+,14-,15+/m0/s1. The maximum absolute atomic E-state index is 12.0. The van der Waals surface area contributed by atoms with Gasteiger partial charge in [-0.3, -0.25) is 4.79 Å². The molecule has 0 saturated heterocycles. The third-order valence-electron chi connectivity index (χ3n) is 3.57. The van der Waals surface area contributed by atoms with Crippen LogP contribution < -0.4 is 0 Å². The first-order valence-electron chi connectivity index (χ1n) is 7.49. The van der Waals surface area contributed by atoms with Crippen molar-refractivity contribution in [2.45, 2.75) is 63.9 Å². The van der Waals surface area contributed by atoms with Gasteiger partial charge in [0, 0.05) is 6.61 Å². The molecular formula is C16H24O4. The smallest absolute Gasteiger partial charge is 0.308 e. The first-order chi connectivity index (χ1) is 9.69. The van der Waals surface area contributed by atoms with Crippen LogP contribution in [0, 0.1) is 0 Å². The van der Waals surface area contributed by atoms with Crippen LogP contribution in [0.1, 0.15) is 39.5 Å². The summed E-state index contributed by atoms with van der Waals surface area (Å²) < 4.78 is 17.0. The second-order valence-electron chi connectivity index (χ2n) is 5.31. The molecule has 2 aliphatic rings. The number of esters is 1. The van der Waals surface area contributed by atoms with E-state index in [1.54, 1.807) is 0 Å². The summed E-state index contributed by atoms with van der Waals surface area (Å²) in [5.74, 6) is -0.203. The Kier molecular flexibility index (Phi) is 5.80. The van der Waals surface area contributed by atoms with Crippen molar-refractivity contribution in [2.75, 3.05) is 6.61 Å². The molecule has 0 aromatic carbocycles. The lowest BCUT2D eigenvalue weighted by Crippen LogP contribution is -2.39. The molecule has 0 fully saturated rings. The molecule has 4 nitrogen and oxygen atoms in total. The van der Waals surface area contributed by atoms with E-state index in [4.69, 9.17) is 14.2 Å². The fraction of sp³-hybridized carbons (Fsp3) is 0.688. The van der Waals surface area contributed by atoms with Crippen LogP contribution in [0.5, 0.6) is 0 Å². The summed E-state index contributed by atoms with van der Waals surface area (Å²) in [7, 11) is 0. The number of hydrogen-bond acceptors (Lipinski definition) is 4. The maximum atomic E-state index is 12.0. The Morgan fingerprint density at radius 1 is 1.35 bits per heavy atom. The molecule has 2 rings (SSSR count). The number of fused-ring (bicyclic) bond motifs is 2. The summed E-state index contributed by atoms with van der Waals surface area (Å²) in [5.41, 5.74) is 0. The number of carbonyl (C=O) groups is 1. The second-order valence-corrected chi connectivity index (χ2v) is 5.31. The summed E-state index contributed by atoms with van der Waals surface area (Å²) in [4.78, 5) is 12.0. The van der Waals surface area contributed by atoms with E-state index in [1.165, 1.54) is 0 Å². The normalized spacial score (nSPS) is 36.6. The molecule has 20 heavy (non-hydrogen) atoms. The highest BCUT2D eigenvalue weighted by Crippen LogP contribution is 2.22. The predicted octanol–water partition coefficient (Wildman–Crippen LogP) is 2.78. The van der Waals surface area contributed by atoms with Crippen molar-refractivity contribution in [1.29, 1.82) is 0 Å². The van der Waals surface area contributed by atoms with E-state index in [0.29, 0.717) is 6.61 Å². The average molecular weight is 280 g/mol. The van der Waals surface area contributed by atoms with Crippen LogP contribution in [0.3, 0.4) is 0 Å². The quantitative estimate of drug-likeness (QED) is 0.576. The molecular weight excluding hydrogens is 256 g/mol. The number of hydrogen-bond donors (Lipinski definition) is 0. The SMILES string of the molecule is CCO[C@H]1C=C[C@H]2C/C=C\CC[C@H](C)OC(=O)C[C@H]1O2. The lowest BCUT2D eigenvalue weighted by atomic mass is 10.0. The zero-order valence-corrected chi connectivity index (χ0v) is 12.3. The molecule has 0 aromatic heterocycles. The van der Waals surface area contributed by atoms with E-state index < -0.39 is 0 Å². The van der Waals surface area contributed by atoms with E-state index in [9.17, 15) is 4.79 Å². The monoisotopic (exact) mass is 280 g/mol. The number of ether oxygens (including phenoxy) is 3. The van der Waals surface area contributed by atoms with Gasteiger partial charge >= 0.3 is 5.97 Å². The highest BCUT2D eigenvalue weighted by atomic mass is 16.6. The van der Waals surface area contributed by atoms with E-state index in [-0.39, 0.29) is 36.8 Å². The van der Waals surface area contributed by atoms with Crippen molar-refractivity contribution in [3.8, 4) is 0 Å². The molecule has 0 spiro atoms. The van der Waals surface area contributed by atoms with Gasteiger partial charge in [0.2, 0.25) is 0 Å². The van der Waals surface area contributed by atoms with Gasteiger partial charge in [-0.25, -0.2) is 0 Å². The summed E-state index contributed by atoms with van der Waals surface area (Å²) in [6.07, 6.45) is 10.8. The first kappa shape index (κ1) is 15.3. The number of cyclic esters (lactones) is 1. The van der Waals surface area contributed by atoms with Gasteiger partial charge < -0.3 is 14.2 Å². The molecule has 0 aromatic rings. The van der Waals surface area contributed by atoms with Gasteiger partial charge in [-0.15, -0.1) is 0 Å². The largest absolute Gasteiger partial charge is 0.463 e. The lowest BCUT2D eigenvalue weighted by Gasteiger charge is -2.32. The molecule has 112 valence electrons. The van der Waals surface area contributed by atoms with Gasteiger partial charge in [-0.2, -0.15) is 0 Å². The third-order valence-corrected chi connectivity index (χ3v) is 3.57. The molecule has 0 amide bonds. The summed E-state index contributed by atoms with van der Waals surface area (Å²) in [6, 6.07) is 0. The van der Waals surface area contributed by atoms with Gasteiger partial charge in [0.05, 0.1) is 24.7 Å². The van der Waals surface area contributed by atoms with Crippen molar-refractivity contribution < 1.29 is 19.0 Å². The minimum atomic E-state index is -0.252. The van der Waals surface area contributed by atoms with Crippen LogP contribution in [-0.4, -0.2) is 37.0 Å². The van der Waals surface area contributed by atoms with Crippen molar-refractivity contribution >= 4 is 5.97 Å². The average Bonchev–Trinajstić information content (AvgIpc) is 2.40. The molecule has 4 heteroatoms. The van der Waals surface area contributed by atoms with Crippen LogP contribution in [0.15, 0.2) is 24.3 Å². The minimum Gasteiger partial charge on any atom is -0.463 e. The Morgan fingerprint density at radius 3 is 3.00 bits per heavy atom. The lowest BCUT2D eigenvalue weighted by molar-refractivity contribution is -0.156. The highest BCUT2D eigenvalue weighted by molar-refractivity contribution is 5.70. The van der Waals surface area contributed by atoms with Gasteiger partial charge in [0.15, 0.2) is 0 Å². The number of allylic oxidation sites excluding steroid dienone is 1. The Morgan fingerprint density at radius 2 is 2.20 bits per heavy atom. The van der Waals surface area contributed by atoms with Crippen LogP contribution in [0.4, 0.5) is 0 Å². The second kappa shape index (κ2) is 7.60. The summed E-state index contributed by atoms with van der Waals surface area (Å²) in [6.45, 7) is 4.48. The molecule has 0 radical (unpaired) electrons. The van der Waals surface area contributed by atoms with Crippen LogP contribution in [0.2, 0.25) is 0 Å². The van der Waals surface area contributed by atoms with Crippen LogP contribution in [0.25, 0.3) is 0 Å². The van der Waals surface area contributed by atoms with Crippen molar-refractivity contribution in [2.24, 2.45) is 0 Å². The van der Waals surface area contributed by atoms with Gasteiger partial charge in [-0.05, 0) is 33.1 Å². The predicted molar refractivity (Wildman–Crippen MR) is 76.4 cm³/mol. The van der Waals surface area contributed by atoms with Crippen molar-refractivity contribution in [3.05, 3.63) is 24.3 Å². The van der Waals surface area contributed by atoms with E-state index in [1.807, 2.05) is 26.0 Å². The number of rotatable bonds is 2. The molecule has 0 aliphatic carbocycles. The molecule has 2 bridgehead atoms. The molecule has 0 unspecified atom stereocenters. The molecule has 4 atom stereocenters. The molecule has 0 N–H and O–H groups in total. The topological polar surface area (TPSA) is 44.8 Å². The summed E-state index contributed by atoms with van der Waals surface area (Å²) in [5, 5.41) is 0. The fourth-order valence-electron chi connectivity index (χ4n) is 2.53. The first-order valence-corrected chi connectivity index (χ1v) is 7.49. The third kappa shape index (κ3) is 4.46. The Labute approximate surface area is 120 Å². The van der Waals surface area contributed by atoms with E-state index in [2.05, 4.69) is 12.2 Å². The maximum Gasteiger partial charge on any atom is 0.308 e. The van der Waals surface area contributed by atoms with Crippen molar-refractivity contribution in [3.63, 3.8) is 0 Å². The number of carbonyl (C=O) groups excluding carboxylic acids is 1. The zero-order chi connectivity index (χ0) is 14.4.